The van der Waals surface area contributed by atoms with Crippen LogP contribution in [0.5, 0.6) is 5.75 Å². The second kappa shape index (κ2) is 7.58. The molecule has 4 heteroatoms. The quantitative estimate of drug-likeness (QED) is 0.873. The van der Waals surface area contributed by atoms with Crippen LogP contribution in [0.1, 0.15) is 25.8 Å². The number of hydrogen-bond acceptors (Lipinski definition) is 3. The third-order valence-electron chi connectivity index (χ3n) is 3.32. The Morgan fingerprint density at radius 1 is 1.35 bits per heavy atom. The highest BCUT2D eigenvalue weighted by atomic mass is 32.2. The van der Waals surface area contributed by atoms with Crippen molar-refractivity contribution in [2.45, 2.75) is 32.7 Å². The SMILES string of the molecule is COc1ccc(CCN=C2NC(CC(C)C)CS2)cc1. The fraction of sp³-hybridized carbons (Fsp3) is 0.562. The van der Waals surface area contributed by atoms with Crippen LogP contribution in [0.2, 0.25) is 0 Å². The Morgan fingerprint density at radius 2 is 2.10 bits per heavy atom. The average molecular weight is 292 g/mol. The van der Waals surface area contributed by atoms with Crippen LogP contribution in [-0.2, 0) is 6.42 Å². The monoisotopic (exact) mass is 292 g/mol. The number of rotatable bonds is 6. The molecule has 1 atom stereocenters. The van der Waals surface area contributed by atoms with Crippen molar-refractivity contribution in [3.63, 3.8) is 0 Å². The normalized spacial score (nSPS) is 20.4. The van der Waals surface area contributed by atoms with Crippen molar-refractivity contribution >= 4 is 16.9 Å². The number of thioether (sulfide) groups is 1. The Balaban J connectivity index is 1.76. The number of aliphatic imine (C=N–C) groups is 1. The van der Waals surface area contributed by atoms with Gasteiger partial charge in [0.2, 0.25) is 0 Å². The van der Waals surface area contributed by atoms with Crippen LogP contribution < -0.4 is 10.1 Å². The summed E-state index contributed by atoms with van der Waals surface area (Å²) in [5, 5.41) is 4.63. The molecule has 1 N–H and O–H groups in total. The second-order valence-electron chi connectivity index (χ2n) is 5.57. The first-order chi connectivity index (χ1) is 9.67. The minimum Gasteiger partial charge on any atom is -0.497 e. The molecule has 0 saturated carbocycles. The molecule has 3 nitrogen and oxygen atoms in total. The number of benzene rings is 1. The lowest BCUT2D eigenvalue weighted by Crippen LogP contribution is -2.28. The van der Waals surface area contributed by atoms with Crippen LogP contribution in [0.4, 0.5) is 0 Å². The number of amidine groups is 1. The summed E-state index contributed by atoms with van der Waals surface area (Å²) in [5.41, 5.74) is 1.30. The predicted octanol–water partition coefficient (Wildman–Crippen LogP) is 3.34. The van der Waals surface area contributed by atoms with E-state index in [-0.39, 0.29) is 0 Å². The van der Waals surface area contributed by atoms with E-state index in [0.29, 0.717) is 6.04 Å². The molecular weight excluding hydrogens is 268 g/mol. The third kappa shape index (κ3) is 4.75. The summed E-state index contributed by atoms with van der Waals surface area (Å²) in [4.78, 5) is 4.66. The van der Waals surface area contributed by atoms with Crippen LogP contribution in [0, 0.1) is 5.92 Å². The number of nitrogens with zero attached hydrogens (tertiary/aromatic N) is 1. The smallest absolute Gasteiger partial charge is 0.156 e. The fourth-order valence-corrected chi connectivity index (χ4v) is 3.31. The maximum Gasteiger partial charge on any atom is 0.156 e. The number of hydrogen-bond donors (Lipinski definition) is 1. The van der Waals surface area contributed by atoms with E-state index in [1.807, 2.05) is 23.9 Å². The second-order valence-corrected chi connectivity index (χ2v) is 6.58. The molecule has 1 aromatic rings. The van der Waals surface area contributed by atoms with E-state index in [0.717, 1.165) is 35.6 Å². The predicted molar refractivity (Wildman–Crippen MR) is 87.8 cm³/mol. The molecule has 0 aliphatic carbocycles. The van der Waals surface area contributed by atoms with Crippen molar-refractivity contribution in [1.29, 1.82) is 0 Å². The van der Waals surface area contributed by atoms with Gasteiger partial charge in [0.15, 0.2) is 5.17 Å². The van der Waals surface area contributed by atoms with Crippen LogP contribution in [0.3, 0.4) is 0 Å². The first-order valence-corrected chi connectivity index (χ1v) is 8.22. The van der Waals surface area contributed by atoms with Gasteiger partial charge in [-0.05, 0) is 36.5 Å². The van der Waals surface area contributed by atoms with Gasteiger partial charge < -0.3 is 10.1 Å². The molecule has 1 aliphatic heterocycles. The number of nitrogens with one attached hydrogen (secondary N) is 1. The lowest BCUT2D eigenvalue weighted by Gasteiger charge is -2.11. The average Bonchev–Trinajstić information content (AvgIpc) is 2.86. The van der Waals surface area contributed by atoms with Gasteiger partial charge in [-0.25, -0.2) is 0 Å². The van der Waals surface area contributed by atoms with Gasteiger partial charge in [-0.3, -0.25) is 4.99 Å². The molecule has 1 fully saturated rings. The van der Waals surface area contributed by atoms with Gasteiger partial charge in [-0.2, -0.15) is 0 Å². The number of ether oxygens (including phenoxy) is 1. The van der Waals surface area contributed by atoms with E-state index in [4.69, 9.17) is 4.74 Å². The Kier molecular flexibility index (Phi) is 5.77. The highest BCUT2D eigenvalue weighted by Gasteiger charge is 2.20. The molecule has 1 saturated heterocycles. The Hall–Kier alpha value is -1.16. The summed E-state index contributed by atoms with van der Waals surface area (Å²) in [6.07, 6.45) is 2.20. The highest BCUT2D eigenvalue weighted by Crippen LogP contribution is 2.19. The van der Waals surface area contributed by atoms with E-state index in [9.17, 15) is 0 Å². The first-order valence-electron chi connectivity index (χ1n) is 7.24. The van der Waals surface area contributed by atoms with Gasteiger partial charge in [0.25, 0.3) is 0 Å². The minimum atomic E-state index is 0.597. The zero-order chi connectivity index (χ0) is 14.4. The van der Waals surface area contributed by atoms with Crippen LogP contribution >= 0.6 is 11.8 Å². The van der Waals surface area contributed by atoms with Gasteiger partial charge in [-0.1, -0.05) is 37.7 Å². The molecule has 1 heterocycles. The topological polar surface area (TPSA) is 33.6 Å². The van der Waals surface area contributed by atoms with Crippen molar-refractivity contribution in [3.8, 4) is 5.75 Å². The first kappa shape index (κ1) is 15.2. The summed E-state index contributed by atoms with van der Waals surface area (Å²) < 4.78 is 5.16. The molecule has 0 aromatic heterocycles. The molecule has 0 amide bonds. The summed E-state index contributed by atoms with van der Waals surface area (Å²) in [5.74, 6) is 2.80. The van der Waals surface area contributed by atoms with Crippen LogP contribution in [0.25, 0.3) is 0 Å². The number of methoxy groups -OCH3 is 1. The lowest BCUT2D eigenvalue weighted by atomic mass is 10.1. The Labute approximate surface area is 126 Å². The lowest BCUT2D eigenvalue weighted by molar-refractivity contribution is 0.414. The van der Waals surface area contributed by atoms with Crippen LogP contribution in [0.15, 0.2) is 29.3 Å². The minimum absolute atomic E-state index is 0.597. The summed E-state index contributed by atoms with van der Waals surface area (Å²) in [7, 11) is 1.69. The summed E-state index contributed by atoms with van der Waals surface area (Å²) in [6.45, 7) is 5.38. The molecule has 1 aliphatic rings. The largest absolute Gasteiger partial charge is 0.497 e. The highest BCUT2D eigenvalue weighted by molar-refractivity contribution is 8.14. The molecule has 1 aromatic carbocycles. The van der Waals surface area contributed by atoms with Crippen molar-refractivity contribution < 1.29 is 4.74 Å². The van der Waals surface area contributed by atoms with E-state index in [2.05, 4.69) is 36.3 Å². The zero-order valence-corrected chi connectivity index (χ0v) is 13.4. The van der Waals surface area contributed by atoms with Crippen molar-refractivity contribution in [2.75, 3.05) is 19.4 Å². The van der Waals surface area contributed by atoms with Crippen molar-refractivity contribution in [1.82, 2.24) is 5.32 Å². The standard InChI is InChI=1S/C16H24N2OS/c1-12(2)10-14-11-20-16(18-14)17-9-8-13-4-6-15(19-3)7-5-13/h4-7,12,14H,8-11H2,1-3H3,(H,17,18). The molecule has 0 bridgehead atoms. The Morgan fingerprint density at radius 3 is 2.75 bits per heavy atom. The molecule has 20 heavy (non-hydrogen) atoms. The zero-order valence-electron chi connectivity index (χ0n) is 12.6. The van der Waals surface area contributed by atoms with E-state index < -0.39 is 0 Å². The van der Waals surface area contributed by atoms with Crippen LogP contribution in [-0.4, -0.2) is 30.6 Å². The third-order valence-corrected chi connectivity index (χ3v) is 4.41. The van der Waals surface area contributed by atoms with Crippen molar-refractivity contribution in [3.05, 3.63) is 29.8 Å². The van der Waals surface area contributed by atoms with Gasteiger partial charge in [-0.15, -0.1) is 0 Å². The van der Waals surface area contributed by atoms with E-state index >= 15 is 0 Å². The van der Waals surface area contributed by atoms with Gasteiger partial charge >= 0.3 is 0 Å². The van der Waals surface area contributed by atoms with Gasteiger partial charge in [0, 0.05) is 18.3 Å². The Bertz CT molecular complexity index is 442. The van der Waals surface area contributed by atoms with Gasteiger partial charge in [0.05, 0.1) is 7.11 Å². The summed E-state index contributed by atoms with van der Waals surface area (Å²) in [6, 6.07) is 8.82. The molecule has 0 spiro atoms. The fourth-order valence-electron chi connectivity index (χ4n) is 2.30. The van der Waals surface area contributed by atoms with Crippen molar-refractivity contribution in [2.24, 2.45) is 10.9 Å². The maximum atomic E-state index is 5.16. The molecule has 0 radical (unpaired) electrons. The molecule has 110 valence electrons. The van der Waals surface area contributed by atoms with E-state index in [1.165, 1.54) is 12.0 Å². The molecule has 1 unspecified atom stereocenters. The summed E-state index contributed by atoms with van der Waals surface area (Å²) >= 11 is 1.85. The molecular formula is C16H24N2OS. The van der Waals surface area contributed by atoms with E-state index in [1.54, 1.807) is 7.11 Å². The molecule has 2 rings (SSSR count). The van der Waals surface area contributed by atoms with Gasteiger partial charge in [0.1, 0.15) is 5.75 Å². The maximum absolute atomic E-state index is 5.16.